The largest absolute Gasteiger partial charge is 0.430 e. The van der Waals surface area contributed by atoms with Gasteiger partial charge in [0, 0.05) is 37.3 Å². The van der Waals surface area contributed by atoms with E-state index in [2.05, 4.69) is 26.0 Å². The van der Waals surface area contributed by atoms with E-state index in [0.29, 0.717) is 24.6 Å². The van der Waals surface area contributed by atoms with Gasteiger partial charge in [0.1, 0.15) is 11.5 Å². The number of hydrogen-bond donors (Lipinski definition) is 0. The summed E-state index contributed by atoms with van der Waals surface area (Å²) in [5, 5.41) is 0. The summed E-state index contributed by atoms with van der Waals surface area (Å²) in [6.07, 6.45) is 4.08. The summed E-state index contributed by atoms with van der Waals surface area (Å²) >= 11 is 26.9. The van der Waals surface area contributed by atoms with Crippen LogP contribution in [0.4, 0.5) is 0 Å². The Morgan fingerprint density at radius 2 is 1.06 bits per heavy atom. The minimum absolute atomic E-state index is 0.601. The van der Waals surface area contributed by atoms with Crippen molar-refractivity contribution in [3.63, 3.8) is 0 Å². The van der Waals surface area contributed by atoms with Gasteiger partial charge in [-0.2, -0.15) is 13.5 Å². The zero-order valence-electron chi connectivity index (χ0n) is 19.1. The Hall–Kier alpha value is 0.0400. The van der Waals surface area contributed by atoms with Crippen LogP contribution in [0.1, 0.15) is 36.8 Å². The number of fused-ring (bicyclic) bond motifs is 2. The molecule has 0 saturated carbocycles. The van der Waals surface area contributed by atoms with Gasteiger partial charge in [-0.1, -0.05) is 49.2 Å². The van der Waals surface area contributed by atoms with E-state index in [1.54, 1.807) is 0 Å². The number of rotatable bonds is 0. The van der Waals surface area contributed by atoms with Gasteiger partial charge in [-0.05, 0) is 69.9 Å². The standard InChI is InChI=1S/C20H24Cl4N6O2P4/c21-33(22)25-34(23,24)27-36-28-35(26-33)29(15-17-9-3-5-11-19(17)31-35)13-7-1-2-8-14-30(36)16-18-10-4-6-12-20(18)32-36/h3-6,9-12H,1-2,7-8,13-16H2. The lowest BCUT2D eigenvalue weighted by Crippen LogP contribution is -2.29. The third kappa shape index (κ3) is 5.14. The molecule has 4 aliphatic rings. The molecule has 8 nitrogen and oxygen atoms in total. The molecule has 0 N–H and O–H groups in total. The molecule has 2 bridgehead atoms. The lowest BCUT2D eigenvalue weighted by atomic mass is 10.1. The molecule has 4 heterocycles. The van der Waals surface area contributed by atoms with Crippen molar-refractivity contribution in [2.75, 3.05) is 13.1 Å². The Bertz CT molecular complexity index is 1370. The molecule has 2 aromatic carbocycles. The topological polar surface area (TPSA) is 74.4 Å². The minimum atomic E-state index is -3.37. The van der Waals surface area contributed by atoms with Crippen LogP contribution < -0.4 is 9.05 Å². The molecule has 36 heavy (non-hydrogen) atoms. The lowest BCUT2D eigenvalue weighted by Gasteiger charge is -2.42. The molecule has 194 valence electrons. The first-order chi connectivity index (χ1) is 17.2. The molecule has 4 aliphatic heterocycles. The zero-order valence-corrected chi connectivity index (χ0v) is 25.7. The van der Waals surface area contributed by atoms with Gasteiger partial charge in [0.15, 0.2) is 0 Å². The molecule has 0 radical (unpaired) electrons. The van der Waals surface area contributed by atoms with E-state index in [1.165, 1.54) is 0 Å². The second-order valence-corrected chi connectivity index (χ2v) is 23.8. The van der Waals surface area contributed by atoms with Crippen LogP contribution in [0.2, 0.25) is 0 Å². The highest BCUT2D eigenvalue weighted by atomic mass is 35.9. The highest BCUT2D eigenvalue weighted by molar-refractivity contribution is 8.19. The predicted octanol–water partition coefficient (Wildman–Crippen LogP) is 11.1. The summed E-state index contributed by atoms with van der Waals surface area (Å²) in [6, 6.07) is 15.8. The smallest absolute Gasteiger partial charge is 0.335 e. The molecule has 2 spiro atoms. The molecular weight excluding hydrogens is 622 g/mol. The van der Waals surface area contributed by atoms with Crippen molar-refractivity contribution < 1.29 is 9.05 Å². The van der Waals surface area contributed by atoms with E-state index >= 15 is 0 Å². The van der Waals surface area contributed by atoms with Gasteiger partial charge in [0.25, 0.3) is 11.8 Å². The third-order valence-electron chi connectivity index (χ3n) is 6.31. The second kappa shape index (κ2) is 9.90. The predicted molar refractivity (Wildman–Crippen MR) is 154 cm³/mol. The van der Waals surface area contributed by atoms with E-state index < -0.39 is 27.0 Å². The molecular formula is C20H24Cl4N6O2P4. The summed E-state index contributed by atoms with van der Waals surface area (Å²) in [4.78, 5) is 0. The van der Waals surface area contributed by atoms with Crippen LogP contribution in [0.3, 0.4) is 0 Å². The number of benzene rings is 2. The highest BCUT2D eigenvalue weighted by Crippen LogP contribution is 2.86. The van der Waals surface area contributed by atoms with Crippen LogP contribution in [0.5, 0.6) is 11.5 Å². The highest BCUT2D eigenvalue weighted by Gasteiger charge is 2.47. The minimum Gasteiger partial charge on any atom is -0.430 e. The average Bonchev–Trinajstić information content (AvgIpc) is 2.81. The summed E-state index contributed by atoms with van der Waals surface area (Å²) in [7, 11) is -6.42. The fourth-order valence-corrected chi connectivity index (χ4v) is 24.0. The Morgan fingerprint density at radius 3 is 1.61 bits per heavy atom. The summed E-state index contributed by atoms with van der Waals surface area (Å²) in [6.45, 7) is 2.65. The van der Waals surface area contributed by atoms with Crippen LogP contribution in [-0.2, 0) is 13.1 Å². The zero-order chi connectivity index (χ0) is 25.0. The Kier molecular flexibility index (Phi) is 7.22. The van der Waals surface area contributed by atoms with E-state index in [-0.39, 0.29) is 0 Å². The van der Waals surface area contributed by atoms with Gasteiger partial charge in [-0.25, -0.2) is 9.34 Å². The Labute approximate surface area is 230 Å². The summed E-state index contributed by atoms with van der Waals surface area (Å²) in [5.41, 5.74) is 2.12. The molecule has 6 rings (SSSR count). The maximum atomic E-state index is 6.73. The average molecular weight is 646 g/mol. The second-order valence-electron chi connectivity index (χ2n) is 8.88. The number of para-hydroxylation sites is 2. The van der Waals surface area contributed by atoms with E-state index in [0.717, 1.165) is 49.9 Å². The molecule has 0 fully saturated rings. The maximum absolute atomic E-state index is 6.73. The number of nitrogens with zero attached hydrogens (tertiary/aromatic N) is 6. The van der Waals surface area contributed by atoms with Gasteiger partial charge in [-0.15, -0.1) is 4.52 Å². The molecule has 2 unspecified atom stereocenters. The Balaban J connectivity index is 1.68. The molecule has 2 atom stereocenters. The van der Waals surface area contributed by atoms with Gasteiger partial charge in [0.2, 0.25) is 0 Å². The molecule has 0 amide bonds. The number of hydrogen-bond acceptors (Lipinski definition) is 8. The van der Waals surface area contributed by atoms with Crippen LogP contribution in [0.15, 0.2) is 66.6 Å². The molecule has 0 aliphatic carbocycles. The molecule has 2 aromatic rings. The summed E-state index contributed by atoms with van der Waals surface area (Å²) in [5.74, 6) is -5.33. The van der Waals surface area contributed by atoms with Gasteiger partial charge >= 0.3 is 15.2 Å². The quantitative estimate of drug-likeness (QED) is 0.267. The van der Waals surface area contributed by atoms with Crippen LogP contribution >= 0.6 is 71.9 Å². The van der Waals surface area contributed by atoms with Gasteiger partial charge < -0.3 is 9.05 Å². The van der Waals surface area contributed by atoms with Crippen molar-refractivity contribution in [2.45, 2.75) is 38.8 Å². The maximum Gasteiger partial charge on any atom is 0.335 e. The lowest BCUT2D eigenvalue weighted by molar-refractivity contribution is 0.354. The van der Waals surface area contributed by atoms with Crippen LogP contribution in [0.25, 0.3) is 0 Å². The fraction of sp³-hybridized carbons (Fsp3) is 0.400. The van der Waals surface area contributed by atoms with Gasteiger partial charge in [0.05, 0.1) is 0 Å². The van der Waals surface area contributed by atoms with Crippen molar-refractivity contribution in [2.24, 2.45) is 18.1 Å². The van der Waals surface area contributed by atoms with Crippen LogP contribution in [0, 0.1) is 0 Å². The van der Waals surface area contributed by atoms with Crippen molar-refractivity contribution in [1.29, 1.82) is 0 Å². The normalized spacial score (nSPS) is 31.1. The fourth-order valence-electron chi connectivity index (χ4n) is 4.70. The Morgan fingerprint density at radius 1 is 0.583 bits per heavy atom. The first kappa shape index (κ1) is 26.3. The van der Waals surface area contributed by atoms with Gasteiger partial charge in [-0.3, -0.25) is 0 Å². The third-order valence-corrected chi connectivity index (χ3v) is 21.4. The van der Waals surface area contributed by atoms with E-state index in [1.807, 2.05) is 36.4 Å². The first-order valence-corrected chi connectivity index (χ1v) is 21.7. The van der Waals surface area contributed by atoms with Crippen molar-refractivity contribution in [1.82, 2.24) is 9.34 Å². The SMILES string of the molecule is ClP1(Cl)=NP(Cl)(Cl)=NP23=NP4(=N1)Oc1ccccc1CN4CCCCCCN2Cc1ccccc1O3. The first-order valence-electron chi connectivity index (χ1n) is 11.6. The van der Waals surface area contributed by atoms with E-state index in [4.69, 9.17) is 67.6 Å². The molecule has 16 heteroatoms. The van der Waals surface area contributed by atoms with Crippen LogP contribution in [-0.4, -0.2) is 22.4 Å². The summed E-state index contributed by atoms with van der Waals surface area (Å²) < 4.78 is 37.5. The van der Waals surface area contributed by atoms with Crippen molar-refractivity contribution in [3.05, 3.63) is 59.7 Å². The number of halogens is 4. The monoisotopic (exact) mass is 644 g/mol. The molecule has 0 saturated heterocycles. The van der Waals surface area contributed by atoms with Crippen molar-refractivity contribution >= 4 is 71.9 Å². The van der Waals surface area contributed by atoms with Crippen molar-refractivity contribution in [3.8, 4) is 11.5 Å². The molecule has 0 aromatic heterocycles. The van der Waals surface area contributed by atoms with E-state index in [9.17, 15) is 0 Å².